The Bertz CT molecular complexity index is 759. The fourth-order valence-corrected chi connectivity index (χ4v) is 3.20. The monoisotopic (exact) mass is 360 g/mol. The maximum Gasteiger partial charge on any atom is 0.325 e. The second kappa shape index (κ2) is 7.69. The number of rotatable bonds is 8. The van der Waals surface area contributed by atoms with Crippen LogP contribution in [-0.2, 0) is 16.1 Å². The molecule has 132 valence electrons. The number of carboxylic acids is 1. The summed E-state index contributed by atoms with van der Waals surface area (Å²) < 4.78 is 2.06. The van der Waals surface area contributed by atoms with Crippen LogP contribution in [0.15, 0.2) is 35.5 Å². The fraction of sp³-hybridized carbons (Fsp3) is 0.412. The van der Waals surface area contributed by atoms with Gasteiger partial charge in [-0.15, -0.1) is 10.2 Å². The highest BCUT2D eigenvalue weighted by Gasteiger charge is 2.30. The molecule has 1 fully saturated rings. The molecule has 1 aliphatic carbocycles. The molecule has 1 atom stereocenters. The van der Waals surface area contributed by atoms with Gasteiger partial charge in [-0.3, -0.25) is 9.59 Å². The smallest absolute Gasteiger partial charge is 0.325 e. The summed E-state index contributed by atoms with van der Waals surface area (Å²) in [5.74, 6) is 0.135. The van der Waals surface area contributed by atoms with E-state index in [1.165, 1.54) is 18.7 Å². The molecule has 1 amide bonds. The van der Waals surface area contributed by atoms with Crippen molar-refractivity contribution in [3.63, 3.8) is 0 Å². The van der Waals surface area contributed by atoms with E-state index in [9.17, 15) is 9.59 Å². The first-order chi connectivity index (χ1) is 12.0. The summed E-state index contributed by atoms with van der Waals surface area (Å²) in [5.41, 5.74) is 1.15. The van der Waals surface area contributed by atoms with Crippen LogP contribution in [0.3, 0.4) is 0 Å². The van der Waals surface area contributed by atoms with Crippen LogP contribution in [0.25, 0.3) is 0 Å². The lowest BCUT2D eigenvalue weighted by atomic mass is 10.2. The molecule has 0 unspecified atom stereocenters. The van der Waals surface area contributed by atoms with Crippen LogP contribution in [0.4, 0.5) is 0 Å². The number of amides is 1. The van der Waals surface area contributed by atoms with E-state index >= 15 is 0 Å². The zero-order chi connectivity index (χ0) is 17.8. The van der Waals surface area contributed by atoms with Gasteiger partial charge in [0.05, 0.1) is 12.3 Å². The summed E-state index contributed by atoms with van der Waals surface area (Å²) in [6.45, 7) is 2.10. The Kier molecular flexibility index (Phi) is 5.37. The molecule has 2 aromatic rings. The molecular weight excluding hydrogens is 340 g/mol. The third-order valence-corrected chi connectivity index (χ3v) is 4.92. The van der Waals surface area contributed by atoms with E-state index in [2.05, 4.69) is 20.1 Å². The van der Waals surface area contributed by atoms with Gasteiger partial charge in [-0.1, -0.05) is 42.1 Å². The zero-order valence-corrected chi connectivity index (χ0v) is 14.7. The largest absolute Gasteiger partial charge is 0.480 e. The molecule has 2 N–H and O–H groups in total. The molecule has 7 nitrogen and oxygen atoms in total. The number of carbonyl (C=O) groups is 2. The van der Waals surface area contributed by atoms with E-state index in [1.54, 1.807) is 0 Å². The molecule has 1 aromatic carbocycles. The average molecular weight is 360 g/mol. The molecule has 0 spiro atoms. The Labute approximate surface area is 149 Å². The number of aliphatic carboxylic acids is 1. The molecule has 1 aromatic heterocycles. The van der Waals surface area contributed by atoms with Crippen molar-refractivity contribution in [3.8, 4) is 0 Å². The van der Waals surface area contributed by atoms with Crippen LogP contribution in [-0.4, -0.2) is 43.5 Å². The van der Waals surface area contributed by atoms with Crippen molar-refractivity contribution in [2.75, 3.05) is 5.75 Å². The minimum absolute atomic E-state index is 0.106. The van der Waals surface area contributed by atoms with Crippen molar-refractivity contribution in [2.24, 2.45) is 0 Å². The Morgan fingerprint density at radius 2 is 2.04 bits per heavy atom. The van der Waals surface area contributed by atoms with Gasteiger partial charge in [0.1, 0.15) is 11.9 Å². The SMILES string of the molecule is C[C@H](NC(=O)CSc1nnc(C2CC2)n1Cc1ccccc1)C(=O)O. The highest BCUT2D eigenvalue weighted by molar-refractivity contribution is 7.99. The number of nitrogens with one attached hydrogen (secondary N) is 1. The second-order valence-electron chi connectivity index (χ2n) is 6.10. The molecule has 25 heavy (non-hydrogen) atoms. The minimum atomic E-state index is -1.05. The van der Waals surface area contributed by atoms with E-state index < -0.39 is 12.0 Å². The van der Waals surface area contributed by atoms with Crippen molar-refractivity contribution in [1.82, 2.24) is 20.1 Å². The summed E-state index contributed by atoms with van der Waals surface area (Å²) in [5, 5.41) is 20.5. The van der Waals surface area contributed by atoms with Gasteiger partial charge in [0.15, 0.2) is 5.16 Å². The standard InChI is InChI=1S/C17H20N4O3S/c1-11(16(23)24)18-14(22)10-25-17-20-19-15(13-7-8-13)21(17)9-12-5-3-2-4-6-12/h2-6,11,13H,7-10H2,1H3,(H,18,22)(H,23,24)/t11-/m0/s1. The molecule has 1 saturated carbocycles. The Hall–Kier alpha value is -2.35. The van der Waals surface area contributed by atoms with Gasteiger partial charge in [-0.25, -0.2) is 0 Å². The second-order valence-corrected chi connectivity index (χ2v) is 7.05. The number of hydrogen-bond acceptors (Lipinski definition) is 5. The Morgan fingerprint density at radius 3 is 2.68 bits per heavy atom. The maximum absolute atomic E-state index is 11.9. The molecule has 8 heteroatoms. The van der Waals surface area contributed by atoms with Gasteiger partial charge in [0, 0.05) is 5.92 Å². The molecular formula is C17H20N4O3S. The van der Waals surface area contributed by atoms with Crippen LogP contribution < -0.4 is 5.32 Å². The normalized spacial score (nSPS) is 14.9. The first-order valence-corrected chi connectivity index (χ1v) is 9.15. The first-order valence-electron chi connectivity index (χ1n) is 8.16. The number of thioether (sulfide) groups is 1. The highest BCUT2D eigenvalue weighted by atomic mass is 32.2. The lowest BCUT2D eigenvalue weighted by molar-refractivity contribution is -0.140. The van der Waals surface area contributed by atoms with Gasteiger partial charge in [-0.2, -0.15) is 0 Å². The lowest BCUT2D eigenvalue weighted by Gasteiger charge is -2.11. The minimum Gasteiger partial charge on any atom is -0.480 e. The highest BCUT2D eigenvalue weighted by Crippen LogP contribution is 2.40. The van der Waals surface area contributed by atoms with Crippen LogP contribution in [0.1, 0.15) is 37.1 Å². The number of nitrogens with zero attached hydrogens (tertiary/aromatic N) is 3. The summed E-state index contributed by atoms with van der Waals surface area (Å²) in [7, 11) is 0. The van der Waals surface area contributed by atoms with Gasteiger partial charge in [-0.05, 0) is 25.3 Å². The van der Waals surface area contributed by atoms with Crippen molar-refractivity contribution < 1.29 is 14.7 Å². The molecule has 0 radical (unpaired) electrons. The van der Waals surface area contributed by atoms with Gasteiger partial charge < -0.3 is 15.0 Å². The van der Waals surface area contributed by atoms with E-state index in [0.717, 1.165) is 24.2 Å². The Balaban J connectivity index is 1.69. The van der Waals surface area contributed by atoms with Crippen molar-refractivity contribution >= 4 is 23.6 Å². The Morgan fingerprint density at radius 1 is 1.32 bits per heavy atom. The van der Waals surface area contributed by atoms with Gasteiger partial charge in [0.2, 0.25) is 5.91 Å². The van der Waals surface area contributed by atoms with E-state index in [-0.39, 0.29) is 11.7 Å². The number of carboxylic acid groups (broad SMARTS) is 1. The predicted octanol–water partition coefficient (Wildman–Crippen LogP) is 1.89. The third-order valence-electron chi connectivity index (χ3n) is 3.95. The summed E-state index contributed by atoms with van der Waals surface area (Å²) in [6, 6.07) is 9.14. The molecule has 3 rings (SSSR count). The summed E-state index contributed by atoms with van der Waals surface area (Å²) >= 11 is 1.28. The van der Waals surface area contributed by atoms with Crippen molar-refractivity contribution in [2.45, 2.75) is 43.4 Å². The van der Waals surface area contributed by atoms with Crippen molar-refractivity contribution in [3.05, 3.63) is 41.7 Å². The number of carbonyl (C=O) groups excluding carboxylic acids is 1. The van der Waals surface area contributed by atoms with Crippen LogP contribution >= 0.6 is 11.8 Å². The molecule has 0 saturated heterocycles. The summed E-state index contributed by atoms with van der Waals surface area (Å²) in [6.07, 6.45) is 2.24. The van der Waals surface area contributed by atoms with Crippen LogP contribution in [0.5, 0.6) is 0 Å². The van der Waals surface area contributed by atoms with E-state index in [0.29, 0.717) is 17.6 Å². The van der Waals surface area contributed by atoms with E-state index in [1.807, 2.05) is 30.3 Å². The van der Waals surface area contributed by atoms with Gasteiger partial charge in [0.25, 0.3) is 0 Å². The van der Waals surface area contributed by atoms with Crippen LogP contribution in [0, 0.1) is 0 Å². The van der Waals surface area contributed by atoms with Gasteiger partial charge >= 0.3 is 5.97 Å². The maximum atomic E-state index is 11.9. The van der Waals surface area contributed by atoms with Crippen molar-refractivity contribution in [1.29, 1.82) is 0 Å². The number of aromatic nitrogens is 3. The molecule has 1 heterocycles. The lowest BCUT2D eigenvalue weighted by Crippen LogP contribution is -2.39. The van der Waals surface area contributed by atoms with E-state index in [4.69, 9.17) is 5.11 Å². The molecule has 0 aliphatic heterocycles. The third kappa shape index (κ3) is 4.60. The predicted molar refractivity (Wildman–Crippen MR) is 93.5 cm³/mol. The topological polar surface area (TPSA) is 97.1 Å². The quantitative estimate of drug-likeness (QED) is 0.698. The number of hydrogen-bond donors (Lipinski definition) is 2. The zero-order valence-electron chi connectivity index (χ0n) is 13.9. The van der Waals surface area contributed by atoms with Crippen LogP contribution in [0.2, 0.25) is 0 Å². The molecule has 1 aliphatic rings. The number of benzene rings is 1. The molecule has 0 bridgehead atoms. The fourth-order valence-electron chi connectivity index (χ4n) is 2.44. The first kappa shape index (κ1) is 17.5. The summed E-state index contributed by atoms with van der Waals surface area (Å²) in [4.78, 5) is 22.7. The average Bonchev–Trinajstić information content (AvgIpc) is 3.36.